The predicted octanol–water partition coefficient (Wildman–Crippen LogP) is 3.32. The van der Waals surface area contributed by atoms with E-state index in [1.807, 2.05) is 11.8 Å². The van der Waals surface area contributed by atoms with Crippen molar-refractivity contribution in [1.82, 2.24) is 14.6 Å². The molecule has 3 heterocycles. The SMILES string of the molecule is Nc1nc(NC2CCN(S(=O)(=O)CCCNC3CCSCC3)CC2)sc1C(=O)c1c(F)cccc1F. The van der Waals surface area contributed by atoms with Crippen LogP contribution in [0.4, 0.5) is 19.7 Å². The van der Waals surface area contributed by atoms with Crippen molar-refractivity contribution in [2.24, 2.45) is 0 Å². The van der Waals surface area contributed by atoms with Gasteiger partial charge in [0.25, 0.3) is 0 Å². The molecule has 0 atom stereocenters. The highest BCUT2D eigenvalue weighted by atomic mass is 32.2. The van der Waals surface area contributed by atoms with Crippen LogP contribution in [0.15, 0.2) is 18.2 Å². The molecule has 1 aromatic heterocycles. The molecule has 4 N–H and O–H groups in total. The highest BCUT2D eigenvalue weighted by molar-refractivity contribution is 7.99. The Bertz CT molecular complexity index is 1140. The van der Waals surface area contributed by atoms with Gasteiger partial charge in [-0.2, -0.15) is 11.8 Å². The van der Waals surface area contributed by atoms with Gasteiger partial charge in [0.1, 0.15) is 22.3 Å². The molecule has 0 spiro atoms. The Morgan fingerprint density at radius 2 is 1.78 bits per heavy atom. The monoisotopic (exact) mass is 559 g/mol. The van der Waals surface area contributed by atoms with Gasteiger partial charge in [-0.15, -0.1) is 0 Å². The number of hydrogen-bond acceptors (Lipinski definition) is 9. The first-order valence-electron chi connectivity index (χ1n) is 12.0. The second kappa shape index (κ2) is 12.2. The van der Waals surface area contributed by atoms with Crippen LogP contribution in [0.25, 0.3) is 0 Å². The summed E-state index contributed by atoms with van der Waals surface area (Å²) in [6.45, 7) is 1.48. The van der Waals surface area contributed by atoms with Gasteiger partial charge < -0.3 is 16.4 Å². The fourth-order valence-electron chi connectivity index (χ4n) is 4.43. The number of rotatable bonds is 10. The van der Waals surface area contributed by atoms with Crippen LogP contribution in [-0.4, -0.2) is 72.5 Å². The average molecular weight is 560 g/mol. The van der Waals surface area contributed by atoms with Gasteiger partial charge >= 0.3 is 0 Å². The van der Waals surface area contributed by atoms with Crippen LogP contribution in [0.5, 0.6) is 0 Å². The van der Waals surface area contributed by atoms with E-state index >= 15 is 0 Å². The predicted molar refractivity (Wildman–Crippen MR) is 141 cm³/mol. The number of piperidine rings is 1. The first-order valence-corrected chi connectivity index (χ1v) is 15.6. The molecule has 0 aliphatic carbocycles. The van der Waals surface area contributed by atoms with Crippen molar-refractivity contribution >= 4 is 49.9 Å². The molecular weight excluding hydrogens is 528 g/mol. The summed E-state index contributed by atoms with van der Waals surface area (Å²) in [5.41, 5.74) is 5.21. The Hall–Kier alpha value is -1.80. The van der Waals surface area contributed by atoms with Crippen LogP contribution in [0.3, 0.4) is 0 Å². The van der Waals surface area contributed by atoms with Gasteiger partial charge in [0.2, 0.25) is 15.8 Å². The Morgan fingerprint density at radius 1 is 1.11 bits per heavy atom. The fraction of sp³-hybridized carbons (Fsp3) is 0.565. The molecule has 13 heteroatoms. The number of hydrogen-bond donors (Lipinski definition) is 3. The lowest BCUT2D eigenvalue weighted by molar-refractivity contribution is 0.103. The van der Waals surface area contributed by atoms with Gasteiger partial charge in [0.15, 0.2) is 5.13 Å². The van der Waals surface area contributed by atoms with E-state index in [2.05, 4.69) is 15.6 Å². The van der Waals surface area contributed by atoms with E-state index in [1.54, 1.807) is 0 Å². The fourth-order valence-corrected chi connectivity index (χ4v) is 7.98. The molecule has 4 rings (SSSR count). The van der Waals surface area contributed by atoms with Crippen LogP contribution in [0, 0.1) is 11.6 Å². The quantitative estimate of drug-likeness (QED) is 0.300. The Morgan fingerprint density at radius 3 is 2.44 bits per heavy atom. The summed E-state index contributed by atoms with van der Waals surface area (Å²) in [6, 6.07) is 3.66. The molecule has 2 aromatic rings. The Kier molecular flexibility index (Phi) is 9.20. The third kappa shape index (κ3) is 6.74. The van der Waals surface area contributed by atoms with E-state index < -0.39 is 33.0 Å². The zero-order chi connectivity index (χ0) is 25.7. The summed E-state index contributed by atoms with van der Waals surface area (Å²) in [5, 5.41) is 7.03. The van der Waals surface area contributed by atoms with E-state index in [0.29, 0.717) is 50.1 Å². The molecule has 0 unspecified atom stereocenters. The molecule has 8 nitrogen and oxygen atoms in total. The summed E-state index contributed by atoms with van der Waals surface area (Å²) in [5.74, 6) is -0.426. The van der Waals surface area contributed by atoms with Crippen molar-refractivity contribution in [3.8, 4) is 0 Å². The molecule has 2 fully saturated rings. The minimum atomic E-state index is -3.32. The number of anilines is 2. The molecule has 0 amide bonds. The minimum Gasteiger partial charge on any atom is -0.382 e. The van der Waals surface area contributed by atoms with E-state index in [4.69, 9.17) is 5.73 Å². The van der Waals surface area contributed by atoms with Crippen molar-refractivity contribution in [3.63, 3.8) is 0 Å². The normalized spacial score (nSPS) is 18.4. The molecule has 1 aromatic carbocycles. The van der Waals surface area contributed by atoms with E-state index in [0.717, 1.165) is 47.8 Å². The second-order valence-corrected chi connectivity index (χ2v) is 13.3. The molecular formula is C23H31F2N5O3S3. The van der Waals surface area contributed by atoms with Gasteiger partial charge in [0.05, 0.1) is 11.3 Å². The number of nitrogen functional groups attached to an aromatic ring is 1. The second-order valence-electron chi connectivity index (χ2n) is 8.99. The molecule has 0 radical (unpaired) electrons. The maximum absolute atomic E-state index is 14.0. The van der Waals surface area contributed by atoms with Crippen LogP contribution in [0.2, 0.25) is 0 Å². The lowest BCUT2D eigenvalue weighted by Crippen LogP contribution is -2.43. The molecule has 36 heavy (non-hydrogen) atoms. The van der Waals surface area contributed by atoms with Gasteiger partial charge in [-0.05, 0) is 62.3 Å². The number of thiazole rings is 1. The van der Waals surface area contributed by atoms with Gasteiger partial charge in [-0.3, -0.25) is 4.79 Å². The van der Waals surface area contributed by atoms with Crippen molar-refractivity contribution in [2.75, 3.05) is 47.9 Å². The van der Waals surface area contributed by atoms with Gasteiger partial charge in [-0.25, -0.2) is 26.5 Å². The first-order chi connectivity index (χ1) is 17.2. The Labute approximate surface area is 218 Å². The van der Waals surface area contributed by atoms with Crippen LogP contribution in [-0.2, 0) is 10.0 Å². The smallest absolute Gasteiger partial charge is 0.214 e. The van der Waals surface area contributed by atoms with E-state index in [1.165, 1.54) is 10.4 Å². The Balaban J connectivity index is 1.26. The zero-order valence-electron chi connectivity index (χ0n) is 19.8. The van der Waals surface area contributed by atoms with Crippen LogP contribution < -0.4 is 16.4 Å². The van der Waals surface area contributed by atoms with Gasteiger partial charge in [0, 0.05) is 25.2 Å². The van der Waals surface area contributed by atoms with E-state index in [9.17, 15) is 22.0 Å². The number of nitrogens with zero attached hydrogens (tertiary/aromatic N) is 2. The number of thioether (sulfide) groups is 1. The standard InChI is InChI=1S/C23H31F2N5O3S3/c24-17-3-1-4-18(25)19(17)20(31)21-22(26)29-23(35-21)28-16-5-10-30(11-6-16)36(32,33)14-2-9-27-15-7-12-34-13-8-15/h1,3-4,15-16,27H,2,5-14,26H2,(H,28,29). The molecule has 198 valence electrons. The summed E-state index contributed by atoms with van der Waals surface area (Å²) < 4.78 is 55.1. The highest BCUT2D eigenvalue weighted by Crippen LogP contribution is 2.30. The minimum absolute atomic E-state index is 0.0397. The molecule has 2 aliphatic heterocycles. The van der Waals surface area contributed by atoms with Gasteiger partial charge in [-0.1, -0.05) is 17.4 Å². The number of carbonyl (C=O) groups excluding carboxylic acids is 1. The number of carbonyl (C=O) groups is 1. The summed E-state index contributed by atoms with van der Waals surface area (Å²) >= 11 is 2.90. The number of sulfonamides is 1. The number of ketones is 1. The molecule has 2 saturated heterocycles. The lowest BCUT2D eigenvalue weighted by atomic mass is 10.1. The molecule has 2 aliphatic rings. The number of nitrogens with one attached hydrogen (secondary N) is 2. The highest BCUT2D eigenvalue weighted by Gasteiger charge is 2.29. The van der Waals surface area contributed by atoms with Crippen molar-refractivity contribution < 1.29 is 22.0 Å². The first kappa shape index (κ1) is 27.2. The third-order valence-corrected chi connectivity index (χ3v) is 10.5. The third-order valence-electron chi connectivity index (χ3n) is 6.46. The number of nitrogens with two attached hydrogens (primary N) is 1. The summed E-state index contributed by atoms with van der Waals surface area (Å²) in [7, 11) is -3.32. The summed E-state index contributed by atoms with van der Waals surface area (Å²) in [4.78, 5) is 16.8. The van der Waals surface area contributed by atoms with Crippen molar-refractivity contribution in [2.45, 2.75) is 44.2 Å². The largest absolute Gasteiger partial charge is 0.382 e. The number of benzene rings is 1. The van der Waals surface area contributed by atoms with Crippen LogP contribution in [0.1, 0.15) is 47.3 Å². The lowest BCUT2D eigenvalue weighted by Gasteiger charge is -2.31. The van der Waals surface area contributed by atoms with Crippen LogP contribution >= 0.6 is 23.1 Å². The summed E-state index contributed by atoms with van der Waals surface area (Å²) in [6.07, 6.45) is 4.00. The molecule has 0 bridgehead atoms. The average Bonchev–Trinajstić information content (AvgIpc) is 3.22. The number of halogens is 2. The maximum Gasteiger partial charge on any atom is 0.214 e. The maximum atomic E-state index is 14.0. The topological polar surface area (TPSA) is 117 Å². The zero-order valence-corrected chi connectivity index (χ0v) is 22.3. The molecule has 0 saturated carbocycles. The number of aromatic nitrogens is 1. The van der Waals surface area contributed by atoms with Crippen molar-refractivity contribution in [1.29, 1.82) is 0 Å². The van der Waals surface area contributed by atoms with E-state index in [-0.39, 0.29) is 22.5 Å². The van der Waals surface area contributed by atoms with Crippen molar-refractivity contribution in [3.05, 3.63) is 40.3 Å².